The minimum absolute atomic E-state index is 0.869. The molecule has 3 rings (SSSR count). The molecule has 3 heteroatoms. The fourth-order valence-corrected chi connectivity index (χ4v) is 2.58. The smallest absolute Gasteiger partial charge is 0.328 e. The van der Waals surface area contributed by atoms with Crippen molar-refractivity contribution in [1.82, 2.24) is 0 Å². The van der Waals surface area contributed by atoms with Crippen LogP contribution >= 0.6 is 0 Å². The highest BCUT2D eigenvalue weighted by molar-refractivity contribution is 5.87. The lowest BCUT2D eigenvalue weighted by molar-refractivity contribution is -0.131. The molecule has 1 aliphatic rings. The molecule has 0 aliphatic carbocycles. The molecule has 0 saturated heterocycles. The standard InChI is InChI=1S/C17H15NO2/c19-17(20)10-9-13-5-3-4-8-16(13)18-11-14-6-1-2-7-15(14)12-18/h1-10H,11-12H2,(H,19,20). The summed E-state index contributed by atoms with van der Waals surface area (Å²) in [6.07, 6.45) is 2.84. The Hall–Kier alpha value is -2.55. The van der Waals surface area contributed by atoms with Crippen LogP contribution in [-0.4, -0.2) is 11.1 Å². The maximum Gasteiger partial charge on any atom is 0.328 e. The molecule has 20 heavy (non-hydrogen) atoms. The number of benzene rings is 2. The zero-order valence-corrected chi connectivity index (χ0v) is 11.0. The Morgan fingerprint density at radius 1 is 1.00 bits per heavy atom. The third kappa shape index (κ3) is 2.43. The molecule has 0 spiro atoms. The summed E-state index contributed by atoms with van der Waals surface area (Å²) in [5.41, 5.74) is 4.68. The lowest BCUT2D eigenvalue weighted by Gasteiger charge is -2.20. The Labute approximate surface area is 117 Å². The van der Waals surface area contributed by atoms with Crippen molar-refractivity contribution in [3.8, 4) is 0 Å². The molecule has 2 aromatic rings. The molecule has 0 atom stereocenters. The van der Waals surface area contributed by atoms with Crippen LogP contribution in [-0.2, 0) is 17.9 Å². The van der Waals surface area contributed by atoms with E-state index in [1.54, 1.807) is 6.08 Å². The minimum Gasteiger partial charge on any atom is -0.478 e. The van der Waals surface area contributed by atoms with Crippen LogP contribution in [0.2, 0.25) is 0 Å². The second-order valence-corrected chi connectivity index (χ2v) is 4.86. The van der Waals surface area contributed by atoms with E-state index < -0.39 is 5.97 Å². The van der Waals surface area contributed by atoms with Crippen LogP contribution in [0.1, 0.15) is 16.7 Å². The maximum atomic E-state index is 10.7. The average Bonchev–Trinajstić information content (AvgIpc) is 2.89. The Bertz CT molecular complexity index is 651. The largest absolute Gasteiger partial charge is 0.478 e. The van der Waals surface area contributed by atoms with Crippen LogP contribution in [0, 0.1) is 0 Å². The van der Waals surface area contributed by atoms with Gasteiger partial charge in [-0.1, -0.05) is 42.5 Å². The lowest BCUT2D eigenvalue weighted by Crippen LogP contribution is -2.15. The number of carboxylic acids is 1. The molecular weight excluding hydrogens is 250 g/mol. The van der Waals surface area contributed by atoms with Crippen LogP contribution in [0.5, 0.6) is 0 Å². The van der Waals surface area contributed by atoms with E-state index >= 15 is 0 Å². The Morgan fingerprint density at radius 2 is 1.60 bits per heavy atom. The first-order valence-corrected chi connectivity index (χ1v) is 6.56. The predicted molar refractivity (Wildman–Crippen MR) is 79.4 cm³/mol. The molecular formula is C17H15NO2. The van der Waals surface area contributed by atoms with E-state index in [1.807, 2.05) is 24.3 Å². The zero-order valence-electron chi connectivity index (χ0n) is 11.0. The SMILES string of the molecule is O=C(O)C=Cc1ccccc1N1Cc2ccccc2C1. The van der Waals surface area contributed by atoms with Crippen molar-refractivity contribution in [2.75, 3.05) is 4.90 Å². The molecule has 1 N–H and O–H groups in total. The van der Waals surface area contributed by atoms with Gasteiger partial charge in [-0.2, -0.15) is 0 Å². The molecule has 3 nitrogen and oxygen atoms in total. The van der Waals surface area contributed by atoms with Gasteiger partial charge in [0, 0.05) is 24.9 Å². The number of anilines is 1. The van der Waals surface area contributed by atoms with Crippen LogP contribution in [0.4, 0.5) is 5.69 Å². The highest BCUT2D eigenvalue weighted by Crippen LogP contribution is 2.30. The van der Waals surface area contributed by atoms with E-state index in [9.17, 15) is 4.79 Å². The van der Waals surface area contributed by atoms with Gasteiger partial charge in [-0.05, 0) is 28.8 Å². The number of aliphatic carboxylic acids is 1. The highest BCUT2D eigenvalue weighted by Gasteiger charge is 2.19. The van der Waals surface area contributed by atoms with Crippen LogP contribution in [0.15, 0.2) is 54.6 Å². The van der Waals surface area contributed by atoms with Crippen LogP contribution in [0.25, 0.3) is 6.08 Å². The summed E-state index contributed by atoms with van der Waals surface area (Å²) >= 11 is 0. The first-order chi connectivity index (χ1) is 9.74. The number of carbonyl (C=O) groups is 1. The summed E-state index contributed by atoms with van der Waals surface area (Å²) in [5, 5.41) is 8.77. The normalized spacial score (nSPS) is 13.7. The fraction of sp³-hybridized carbons (Fsp3) is 0.118. The third-order valence-corrected chi connectivity index (χ3v) is 3.52. The maximum absolute atomic E-state index is 10.7. The van der Waals surface area contributed by atoms with E-state index in [4.69, 9.17) is 5.11 Å². The predicted octanol–water partition coefficient (Wildman–Crippen LogP) is 3.30. The quantitative estimate of drug-likeness (QED) is 0.866. The van der Waals surface area contributed by atoms with Gasteiger partial charge in [-0.25, -0.2) is 4.79 Å². The molecule has 1 aliphatic heterocycles. The molecule has 0 radical (unpaired) electrons. The second kappa shape index (κ2) is 5.21. The number of hydrogen-bond acceptors (Lipinski definition) is 2. The molecule has 0 saturated carbocycles. The number of fused-ring (bicyclic) bond motifs is 1. The molecule has 0 aromatic heterocycles. The lowest BCUT2D eigenvalue weighted by atomic mass is 10.1. The van der Waals surface area contributed by atoms with Gasteiger partial charge in [0.05, 0.1) is 0 Å². The first-order valence-electron chi connectivity index (χ1n) is 6.56. The summed E-state index contributed by atoms with van der Waals surface area (Å²) in [4.78, 5) is 13.0. The van der Waals surface area contributed by atoms with Crippen molar-refractivity contribution in [1.29, 1.82) is 0 Å². The van der Waals surface area contributed by atoms with Crippen LogP contribution in [0.3, 0.4) is 0 Å². The fourth-order valence-electron chi connectivity index (χ4n) is 2.58. The van der Waals surface area contributed by atoms with Crippen molar-refractivity contribution in [2.45, 2.75) is 13.1 Å². The van der Waals surface area contributed by atoms with Gasteiger partial charge in [-0.3, -0.25) is 0 Å². The Morgan fingerprint density at radius 3 is 2.25 bits per heavy atom. The molecule has 100 valence electrons. The van der Waals surface area contributed by atoms with Gasteiger partial charge in [0.2, 0.25) is 0 Å². The van der Waals surface area contributed by atoms with E-state index in [-0.39, 0.29) is 0 Å². The number of hydrogen-bond donors (Lipinski definition) is 1. The van der Waals surface area contributed by atoms with E-state index in [0.29, 0.717) is 0 Å². The second-order valence-electron chi connectivity index (χ2n) is 4.86. The van der Waals surface area contributed by atoms with Gasteiger partial charge in [0.1, 0.15) is 0 Å². The summed E-state index contributed by atoms with van der Waals surface area (Å²) in [6, 6.07) is 16.3. The van der Waals surface area contributed by atoms with Gasteiger partial charge in [-0.15, -0.1) is 0 Å². The molecule has 0 fully saturated rings. The Kier molecular flexibility index (Phi) is 3.25. The number of carboxylic acid groups (broad SMARTS) is 1. The van der Waals surface area contributed by atoms with Crippen LogP contribution < -0.4 is 4.90 Å². The summed E-state index contributed by atoms with van der Waals surface area (Å²) < 4.78 is 0. The van der Waals surface area contributed by atoms with Gasteiger partial charge in [0.15, 0.2) is 0 Å². The first kappa shape index (κ1) is 12.5. The van der Waals surface area contributed by atoms with Crippen molar-refractivity contribution < 1.29 is 9.90 Å². The summed E-state index contributed by atoms with van der Waals surface area (Å²) in [6.45, 7) is 1.74. The highest BCUT2D eigenvalue weighted by atomic mass is 16.4. The Balaban J connectivity index is 1.91. The molecule has 0 bridgehead atoms. The van der Waals surface area contributed by atoms with E-state index in [1.165, 1.54) is 17.2 Å². The summed E-state index contributed by atoms with van der Waals surface area (Å²) in [7, 11) is 0. The van der Waals surface area contributed by atoms with E-state index in [2.05, 4.69) is 29.2 Å². The van der Waals surface area contributed by atoms with Gasteiger partial charge < -0.3 is 10.0 Å². The van der Waals surface area contributed by atoms with E-state index in [0.717, 1.165) is 24.3 Å². The molecule has 2 aromatic carbocycles. The number of rotatable bonds is 3. The van der Waals surface area contributed by atoms with Gasteiger partial charge in [0.25, 0.3) is 0 Å². The monoisotopic (exact) mass is 265 g/mol. The zero-order chi connectivity index (χ0) is 13.9. The van der Waals surface area contributed by atoms with Crippen molar-refractivity contribution in [2.24, 2.45) is 0 Å². The number of nitrogens with zero attached hydrogens (tertiary/aromatic N) is 1. The summed E-state index contributed by atoms with van der Waals surface area (Å²) in [5.74, 6) is -0.926. The van der Waals surface area contributed by atoms with Crippen molar-refractivity contribution in [3.05, 3.63) is 71.3 Å². The molecule has 1 heterocycles. The van der Waals surface area contributed by atoms with Gasteiger partial charge >= 0.3 is 5.97 Å². The molecule has 0 unspecified atom stereocenters. The number of para-hydroxylation sites is 1. The molecule has 0 amide bonds. The van der Waals surface area contributed by atoms with Crippen molar-refractivity contribution >= 4 is 17.7 Å². The minimum atomic E-state index is -0.926. The topological polar surface area (TPSA) is 40.5 Å². The van der Waals surface area contributed by atoms with Crippen molar-refractivity contribution in [3.63, 3.8) is 0 Å². The average molecular weight is 265 g/mol. The third-order valence-electron chi connectivity index (χ3n) is 3.52.